The van der Waals surface area contributed by atoms with Gasteiger partial charge in [0.15, 0.2) is 5.78 Å². The van der Waals surface area contributed by atoms with Gasteiger partial charge in [0.05, 0.1) is 6.42 Å². The zero-order valence-electron chi connectivity index (χ0n) is 10.4. The third kappa shape index (κ3) is 2.85. The minimum absolute atomic E-state index is 0.0575. The fourth-order valence-corrected chi connectivity index (χ4v) is 2.44. The summed E-state index contributed by atoms with van der Waals surface area (Å²) in [5.41, 5.74) is 1.76. The van der Waals surface area contributed by atoms with Gasteiger partial charge in [-0.25, -0.2) is 9.67 Å². The van der Waals surface area contributed by atoms with Crippen LogP contribution in [-0.4, -0.2) is 20.5 Å². The Morgan fingerprint density at radius 2 is 2.17 bits per heavy atom. The Morgan fingerprint density at radius 3 is 2.83 bits per heavy atom. The summed E-state index contributed by atoms with van der Waals surface area (Å²) in [6, 6.07) is 5.70. The van der Waals surface area contributed by atoms with Crippen molar-refractivity contribution in [3.05, 3.63) is 46.0 Å². The summed E-state index contributed by atoms with van der Waals surface area (Å²) in [5, 5.41) is 4.06. The van der Waals surface area contributed by atoms with Gasteiger partial charge in [-0.05, 0) is 37.6 Å². The van der Waals surface area contributed by atoms with E-state index in [0.717, 1.165) is 16.6 Å². The molecule has 94 valence electrons. The van der Waals surface area contributed by atoms with E-state index in [1.165, 1.54) is 6.33 Å². The number of carbonyl (C=O) groups excluding carboxylic acids is 1. The number of benzene rings is 1. The SMILES string of the molecule is CCn1ncnc1CC(=O)c1cc(C)cc(Br)c1. The Labute approximate surface area is 114 Å². The van der Waals surface area contributed by atoms with Crippen molar-refractivity contribution in [2.45, 2.75) is 26.8 Å². The first-order valence-corrected chi connectivity index (χ1v) is 6.56. The van der Waals surface area contributed by atoms with Crippen molar-refractivity contribution in [1.29, 1.82) is 0 Å². The van der Waals surface area contributed by atoms with Crippen molar-refractivity contribution in [2.24, 2.45) is 0 Å². The van der Waals surface area contributed by atoms with E-state index in [9.17, 15) is 4.79 Å². The van der Waals surface area contributed by atoms with E-state index in [4.69, 9.17) is 0 Å². The summed E-state index contributed by atoms with van der Waals surface area (Å²) in [6.07, 6.45) is 1.77. The number of aromatic nitrogens is 3. The highest BCUT2D eigenvalue weighted by Crippen LogP contribution is 2.16. The Bertz CT molecular complexity index is 557. The van der Waals surface area contributed by atoms with Crippen molar-refractivity contribution in [2.75, 3.05) is 0 Å². The lowest BCUT2D eigenvalue weighted by atomic mass is 10.1. The van der Waals surface area contributed by atoms with Crippen LogP contribution < -0.4 is 0 Å². The number of nitrogens with zero attached hydrogens (tertiary/aromatic N) is 3. The number of ketones is 1. The van der Waals surface area contributed by atoms with Crippen LogP contribution in [0, 0.1) is 6.92 Å². The number of halogens is 1. The van der Waals surface area contributed by atoms with Crippen LogP contribution >= 0.6 is 15.9 Å². The van der Waals surface area contributed by atoms with Crippen LogP contribution in [0.2, 0.25) is 0 Å². The summed E-state index contributed by atoms with van der Waals surface area (Å²) < 4.78 is 2.66. The monoisotopic (exact) mass is 307 g/mol. The highest BCUT2D eigenvalue weighted by atomic mass is 79.9. The lowest BCUT2D eigenvalue weighted by molar-refractivity contribution is 0.0989. The van der Waals surface area contributed by atoms with Crippen molar-refractivity contribution in [3.63, 3.8) is 0 Å². The third-order valence-electron chi connectivity index (χ3n) is 2.68. The molecule has 1 aromatic carbocycles. The van der Waals surface area contributed by atoms with E-state index in [2.05, 4.69) is 26.0 Å². The van der Waals surface area contributed by atoms with E-state index in [-0.39, 0.29) is 12.2 Å². The molecule has 0 bridgehead atoms. The van der Waals surface area contributed by atoms with Gasteiger partial charge < -0.3 is 0 Å². The van der Waals surface area contributed by atoms with Crippen LogP contribution in [0.25, 0.3) is 0 Å². The summed E-state index contributed by atoms with van der Waals surface area (Å²) in [6.45, 7) is 4.67. The molecule has 18 heavy (non-hydrogen) atoms. The molecule has 0 saturated carbocycles. The van der Waals surface area contributed by atoms with E-state index in [0.29, 0.717) is 11.4 Å². The molecule has 1 heterocycles. The number of aryl methyl sites for hydroxylation is 2. The summed E-state index contributed by atoms with van der Waals surface area (Å²) in [4.78, 5) is 16.3. The first-order chi connectivity index (χ1) is 8.60. The molecule has 2 rings (SSSR count). The molecule has 0 aliphatic rings. The zero-order valence-corrected chi connectivity index (χ0v) is 11.9. The molecule has 0 radical (unpaired) electrons. The molecule has 0 unspecified atom stereocenters. The van der Waals surface area contributed by atoms with Crippen LogP contribution in [0.15, 0.2) is 29.0 Å². The average molecular weight is 308 g/mol. The molecule has 0 N–H and O–H groups in total. The molecule has 0 atom stereocenters. The van der Waals surface area contributed by atoms with E-state index >= 15 is 0 Å². The smallest absolute Gasteiger partial charge is 0.170 e. The van der Waals surface area contributed by atoms with Crippen molar-refractivity contribution in [1.82, 2.24) is 14.8 Å². The number of Topliss-reactive ketones (excluding diaryl/α,β-unsaturated/α-hetero) is 1. The maximum atomic E-state index is 12.2. The summed E-state index contributed by atoms with van der Waals surface area (Å²) in [5.74, 6) is 0.766. The predicted octanol–water partition coefficient (Wildman–Crippen LogP) is 2.79. The highest BCUT2D eigenvalue weighted by Gasteiger charge is 2.12. The van der Waals surface area contributed by atoms with Crippen molar-refractivity contribution < 1.29 is 4.79 Å². The average Bonchev–Trinajstić information content (AvgIpc) is 2.75. The zero-order chi connectivity index (χ0) is 13.1. The van der Waals surface area contributed by atoms with E-state index in [1.54, 1.807) is 4.68 Å². The molecule has 0 amide bonds. The van der Waals surface area contributed by atoms with Gasteiger partial charge in [-0.2, -0.15) is 5.10 Å². The third-order valence-corrected chi connectivity index (χ3v) is 3.14. The molecule has 0 aliphatic heterocycles. The van der Waals surface area contributed by atoms with Gasteiger partial charge in [0, 0.05) is 16.6 Å². The van der Waals surface area contributed by atoms with E-state index in [1.807, 2.05) is 32.0 Å². The van der Waals surface area contributed by atoms with Gasteiger partial charge >= 0.3 is 0 Å². The topological polar surface area (TPSA) is 47.8 Å². The highest BCUT2D eigenvalue weighted by molar-refractivity contribution is 9.10. The fourth-order valence-electron chi connectivity index (χ4n) is 1.83. The lowest BCUT2D eigenvalue weighted by Crippen LogP contribution is -2.11. The number of hydrogen-bond donors (Lipinski definition) is 0. The van der Waals surface area contributed by atoms with Gasteiger partial charge in [0.1, 0.15) is 12.2 Å². The Balaban J connectivity index is 2.22. The van der Waals surface area contributed by atoms with E-state index < -0.39 is 0 Å². The number of rotatable bonds is 4. The minimum Gasteiger partial charge on any atom is -0.294 e. The Morgan fingerprint density at radius 1 is 1.39 bits per heavy atom. The van der Waals surface area contributed by atoms with Gasteiger partial charge in [-0.3, -0.25) is 4.79 Å². The maximum Gasteiger partial charge on any atom is 0.170 e. The molecular weight excluding hydrogens is 294 g/mol. The first kappa shape index (κ1) is 13.0. The Hall–Kier alpha value is -1.49. The quantitative estimate of drug-likeness (QED) is 0.816. The van der Waals surface area contributed by atoms with Crippen LogP contribution in [0.4, 0.5) is 0 Å². The van der Waals surface area contributed by atoms with Crippen molar-refractivity contribution >= 4 is 21.7 Å². The molecule has 5 heteroatoms. The number of carbonyl (C=O) groups is 1. The maximum absolute atomic E-state index is 12.2. The van der Waals surface area contributed by atoms with Crippen LogP contribution in [0.5, 0.6) is 0 Å². The van der Waals surface area contributed by atoms with Crippen molar-refractivity contribution in [3.8, 4) is 0 Å². The Kier molecular flexibility index (Phi) is 3.91. The largest absolute Gasteiger partial charge is 0.294 e. The van der Waals surface area contributed by atoms with Crippen LogP contribution in [0.3, 0.4) is 0 Å². The molecular formula is C13H14BrN3O. The molecule has 2 aromatic rings. The van der Waals surface area contributed by atoms with Crippen LogP contribution in [0.1, 0.15) is 28.7 Å². The summed E-state index contributed by atoms with van der Waals surface area (Å²) in [7, 11) is 0. The standard InChI is InChI=1S/C13H14BrN3O/c1-3-17-13(15-8-16-17)7-12(18)10-4-9(2)5-11(14)6-10/h4-6,8H,3,7H2,1-2H3. The van der Waals surface area contributed by atoms with Gasteiger partial charge in [0.25, 0.3) is 0 Å². The van der Waals surface area contributed by atoms with Gasteiger partial charge in [-0.15, -0.1) is 0 Å². The normalized spacial score (nSPS) is 10.6. The number of hydrogen-bond acceptors (Lipinski definition) is 3. The fraction of sp³-hybridized carbons (Fsp3) is 0.308. The molecule has 0 saturated heterocycles. The second-order valence-corrected chi connectivity index (χ2v) is 5.02. The van der Waals surface area contributed by atoms with Crippen LogP contribution in [-0.2, 0) is 13.0 Å². The second-order valence-electron chi connectivity index (χ2n) is 4.11. The minimum atomic E-state index is 0.0575. The molecule has 1 aromatic heterocycles. The van der Waals surface area contributed by atoms with Gasteiger partial charge in [0.2, 0.25) is 0 Å². The predicted molar refractivity (Wildman–Crippen MR) is 72.6 cm³/mol. The molecule has 0 fully saturated rings. The second kappa shape index (κ2) is 5.44. The van der Waals surface area contributed by atoms with Gasteiger partial charge in [-0.1, -0.05) is 15.9 Å². The first-order valence-electron chi connectivity index (χ1n) is 5.77. The summed E-state index contributed by atoms with van der Waals surface area (Å²) >= 11 is 3.40. The molecule has 0 aliphatic carbocycles. The molecule has 0 spiro atoms. The molecule has 4 nitrogen and oxygen atoms in total. The lowest BCUT2D eigenvalue weighted by Gasteiger charge is -2.04.